The van der Waals surface area contributed by atoms with Gasteiger partial charge >= 0.3 is 0 Å². The van der Waals surface area contributed by atoms with Crippen LogP contribution in [0.1, 0.15) is 77.9 Å². The van der Waals surface area contributed by atoms with Crippen LogP contribution in [0.2, 0.25) is 0 Å². The first kappa shape index (κ1) is 44.7. The molecule has 0 aliphatic heterocycles. The Balaban J connectivity index is 1.18. The van der Waals surface area contributed by atoms with E-state index in [4.69, 9.17) is 29.9 Å². The molecule has 70 heavy (non-hydrogen) atoms. The van der Waals surface area contributed by atoms with Crippen molar-refractivity contribution in [2.75, 3.05) is 0 Å². The van der Waals surface area contributed by atoms with Crippen molar-refractivity contribution in [2.24, 2.45) is 0 Å². The van der Waals surface area contributed by atoms with Crippen molar-refractivity contribution in [2.45, 2.75) is 96.9 Å². The van der Waals surface area contributed by atoms with Gasteiger partial charge in [0.15, 0.2) is 23.3 Å². The number of para-hydroxylation sites is 2. The van der Waals surface area contributed by atoms with Crippen LogP contribution >= 0.6 is 0 Å². The van der Waals surface area contributed by atoms with Gasteiger partial charge in [-0.3, -0.25) is 0 Å². The number of aryl methyl sites for hydroxylation is 8. The van der Waals surface area contributed by atoms with E-state index >= 15 is 0 Å². The Morgan fingerprint density at radius 2 is 0.700 bits per heavy atom. The normalized spacial score (nSPS) is 11.9. The molecule has 0 radical (unpaired) electrons. The van der Waals surface area contributed by atoms with E-state index < -0.39 is 0 Å². The number of nitrogens with zero attached hydrogens (tertiary/aromatic N) is 8. The molecule has 0 saturated carbocycles. The number of rotatable bonds is 6. The lowest BCUT2D eigenvalue weighted by atomic mass is 9.93. The molecular formula is C62H58N8. The zero-order valence-electron chi connectivity index (χ0n) is 42.8. The summed E-state index contributed by atoms with van der Waals surface area (Å²) in [5, 5.41) is 4.77. The molecule has 0 bridgehead atoms. The summed E-state index contributed by atoms with van der Waals surface area (Å²) in [6, 6.07) is 31.4. The Bertz CT molecular complexity index is 4000. The average Bonchev–Trinajstić information content (AvgIpc) is 3.83. The summed E-state index contributed by atoms with van der Waals surface area (Å²) in [7, 11) is 0. The minimum Gasteiger partial charge on any atom is -0.309 e. The molecule has 346 valence electrons. The van der Waals surface area contributed by atoms with Crippen LogP contribution in [-0.2, 0) is 0 Å². The molecule has 0 atom stereocenters. The highest BCUT2D eigenvalue weighted by molar-refractivity contribution is 6.26. The van der Waals surface area contributed by atoms with E-state index in [1.54, 1.807) is 12.7 Å². The topological polar surface area (TPSA) is 87.2 Å². The van der Waals surface area contributed by atoms with E-state index in [2.05, 4.69) is 191 Å². The molecule has 7 aromatic carbocycles. The van der Waals surface area contributed by atoms with Crippen molar-refractivity contribution in [3.8, 4) is 56.9 Å². The van der Waals surface area contributed by atoms with Gasteiger partial charge in [0.25, 0.3) is 0 Å². The molecular weight excluding hydrogens is 857 g/mol. The lowest BCUT2D eigenvalue weighted by Gasteiger charge is -2.21. The second-order valence-electron chi connectivity index (χ2n) is 19.8. The Morgan fingerprint density at radius 1 is 0.314 bits per heavy atom. The lowest BCUT2D eigenvalue weighted by molar-refractivity contribution is 1.04. The zero-order valence-corrected chi connectivity index (χ0v) is 42.8. The second kappa shape index (κ2) is 16.4. The Hall–Kier alpha value is -7.84. The van der Waals surface area contributed by atoms with Gasteiger partial charge in [-0.05, 0) is 193 Å². The van der Waals surface area contributed by atoms with Crippen LogP contribution in [0.3, 0.4) is 0 Å². The van der Waals surface area contributed by atoms with Crippen LogP contribution < -0.4 is 0 Å². The van der Waals surface area contributed by atoms with Crippen molar-refractivity contribution in [3.05, 3.63) is 175 Å². The maximum absolute atomic E-state index is 5.28. The van der Waals surface area contributed by atoms with E-state index in [1.165, 1.54) is 77.2 Å². The predicted octanol–water partition coefficient (Wildman–Crippen LogP) is 15.2. The number of hydrogen-bond donors (Lipinski definition) is 0. The third kappa shape index (κ3) is 6.56. The summed E-state index contributed by atoms with van der Waals surface area (Å²) in [6.45, 7) is 30.6. The summed E-state index contributed by atoms with van der Waals surface area (Å²) >= 11 is 0. The Kier molecular flexibility index (Phi) is 10.5. The van der Waals surface area contributed by atoms with Crippen LogP contribution in [0.4, 0.5) is 0 Å². The van der Waals surface area contributed by atoms with Gasteiger partial charge in [0.2, 0.25) is 0 Å². The zero-order chi connectivity index (χ0) is 49.2. The van der Waals surface area contributed by atoms with Crippen LogP contribution in [0.5, 0.6) is 0 Å². The standard InChI is InChI=1S/C62H58N8/c1-31-25-32(2)40(10)53(39(31)9)61-65-29-63-59(67-61)51-35(5)27-37(7)56(43(51)13)69-49-22-18-16-20-47(49)55-50(69)24-23-46-45-19-15-17-21-48(45)70(58(46)55)57-38(8)28-36(6)52(44(57)14)60-64-30-66-62(68-60)54-41(11)33(3)26-34(4)42(54)12/h15-30H,1-14H3. The van der Waals surface area contributed by atoms with Crippen LogP contribution in [0.15, 0.2) is 97.6 Å². The highest BCUT2D eigenvalue weighted by Gasteiger charge is 2.27. The molecule has 0 N–H and O–H groups in total. The van der Waals surface area contributed by atoms with Crippen LogP contribution in [0, 0.1) is 96.9 Å². The Morgan fingerprint density at radius 3 is 1.17 bits per heavy atom. The minimum atomic E-state index is 0.674. The van der Waals surface area contributed by atoms with Gasteiger partial charge in [-0.15, -0.1) is 0 Å². The summed E-state index contributed by atoms with van der Waals surface area (Å²) in [5.41, 5.74) is 27.5. The third-order valence-electron chi connectivity index (χ3n) is 15.5. The van der Waals surface area contributed by atoms with Crippen molar-refractivity contribution >= 4 is 43.6 Å². The van der Waals surface area contributed by atoms with Gasteiger partial charge in [0.05, 0.1) is 33.4 Å². The molecule has 0 unspecified atom stereocenters. The molecule has 11 aromatic rings. The molecule has 0 saturated heterocycles. The number of benzene rings is 7. The van der Waals surface area contributed by atoms with Gasteiger partial charge in [0, 0.05) is 43.8 Å². The molecule has 0 aliphatic rings. The molecule has 0 aliphatic carbocycles. The highest BCUT2D eigenvalue weighted by Crippen LogP contribution is 2.46. The van der Waals surface area contributed by atoms with E-state index in [0.29, 0.717) is 23.3 Å². The van der Waals surface area contributed by atoms with Gasteiger partial charge in [0.1, 0.15) is 12.7 Å². The van der Waals surface area contributed by atoms with Gasteiger partial charge in [-0.1, -0.05) is 66.7 Å². The first-order valence-corrected chi connectivity index (χ1v) is 24.3. The largest absolute Gasteiger partial charge is 0.309 e. The maximum Gasteiger partial charge on any atom is 0.163 e. The molecule has 4 heterocycles. The van der Waals surface area contributed by atoms with Crippen molar-refractivity contribution in [1.82, 2.24) is 39.0 Å². The van der Waals surface area contributed by atoms with Crippen LogP contribution in [0.25, 0.3) is 101 Å². The quantitative estimate of drug-likeness (QED) is 0.165. The van der Waals surface area contributed by atoms with Gasteiger partial charge < -0.3 is 9.13 Å². The van der Waals surface area contributed by atoms with E-state index in [9.17, 15) is 0 Å². The summed E-state index contributed by atoms with van der Waals surface area (Å²) < 4.78 is 4.99. The fourth-order valence-electron chi connectivity index (χ4n) is 11.9. The fraction of sp³-hybridized carbons (Fsp3) is 0.226. The molecule has 0 amide bonds. The van der Waals surface area contributed by atoms with E-state index in [0.717, 1.165) is 77.9 Å². The van der Waals surface area contributed by atoms with Crippen LogP contribution in [-0.4, -0.2) is 39.0 Å². The molecule has 8 heteroatoms. The molecule has 0 fully saturated rings. The SMILES string of the molecule is Cc1cc(C)c(C)c(-c2ncnc(-c3c(C)cc(C)c(-n4c5ccccc5c5c4ccc4c6ccccc6n(-c6c(C)cc(C)c(-c7ncnc(-c8c(C)c(C)cc(C)c8C)n7)c6C)c45)c3C)n2)c1C. The first-order valence-electron chi connectivity index (χ1n) is 24.3. The first-order chi connectivity index (χ1) is 33.6. The number of aromatic nitrogens is 8. The Labute approximate surface area is 410 Å². The molecule has 8 nitrogen and oxygen atoms in total. The monoisotopic (exact) mass is 914 g/mol. The number of hydrogen-bond acceptors (Lipinski definition) is 6. The second-order valence-corrected chi connectivity index (χ2v) is 19.8. The summed E-state index contributed by atoms with van der Waals surface area (Å²) in [5.74, 6) is 2.75. The highest BCUT2D eigenvalue weighted by atomic mass is 15.0. The maximum atomic E-state index is 5.28. The van der Waals surface area contributed by atoms with Crippen molar-refractivity contribution in [1.29, 1.82) is 0 Å². The lowest BCUT2D eigenvalue weighted by Crippen LogP contribution is -2.07. The van der Waals surface area contributed by atoms with E-state index in [-0.39, 0.29) is 0 Å². The smallest absolute Gasteiger partial charge is 0.163 e. The number of fused-ring (bicyclic) bond motifs is 7. The predicted molar refractivity (Wildman–Crippen MR) is 290 cm³/mol. The molecule has 0 spiro atoms. The summed E-state index contributed by atoms with van der Waals surface area (Å²) in [4.78, 5) is 29.9. The average molecular weight is 915 g/mol. The molecule has 4 aromatic heterocycles. The fourth-order valence-corrected chi connectivity index (χ4v) is 11.9. The van der Waals surface area contributed by atoms with Gasteiger partial charge in [-0.2, -0.15) is 0 Å². The van der Waals surface area contributed by atoms with E-state index in [1.807, 2.05) is 0 Å². The summed E-state index contributed by atoms with van der Waals surface area (Å²) in [6.07, 6.45) is 3.36. The third-order valence-corrected chi connectivity index (χ3v) is 15.5. The van der Waals surface area contributed by atoms with Gasteiger partial charge in [-0.25, -0.2) is 29.9 Å². The van der Waals surface area contributed by atoms with Crippen molar-refractivity contribution in [3.63, 3.8) is 0 Å². The molecule has 11 rings (SSSR count). The minimum absolute atomic E-state index is 0.674. The van der Waals surface area contributed by atoms with Crippen molar-refractivity contribution < 1.29 is 0 Å².